The van der Waals surface area contributed by atoms with E-state index in [2.05, 4.69) is 15.3 Å². The van der Waals surface area contributed by atoms with Gasteiger partial charge in [-0.1, -0.05) is 28.8 Å². The first kappa shape index (κ1) is 27.5. The zero-order valence-electron chi connectivity index (χ0n) is 18.2. The summed E-state index contributed by atoms with van der Waals surface area (Å²) in [6, 6.07) is 7.08. The first-order valence-corrected chi connectivity index (χ1v) is 10.9. The number of fused-ring (bicyclic) bond motifs is 1. The molecule has 0 spiro atoms. The Kier molecular flexibility index (Phi) is 10.5. The van der Waals surface area contributed by atoms with Crippen molar-refractivity contribution in [2.75, 3.05) is 13.6 Å². The Labute approximate surface area is 224 Å². The molecule has 0 unspecified atom stereocenters. The molecule has 171 valence electrons. The number of aryl methyl sites for hydroxylation is 1. The summed E-state index contributed by atoms with van der Waals surface area (Å²) < 4.78 is 2.14. The van der Waals surface area contributed by atoms with Crippen molar-refractivity contribution < 1.29 is 42.6 Å². The predicted octanol–water partition coefficient (Wildman–Crippen LogP) is 3.96. The second-order valence-electron chi connectivity index (χ2n) is 7.24. The molecule has 2 heterocycles. The van der Waals surface area contributed by atoms with E-state index in [0.29, 0.717) is 28.3 Å². The number of amides is 1. The van der Waals surface area contributed by atoms with Crippen LogP contribution >= 0.6 is 22.9 Å². The van der Waals surface area contributed by atoms with E-state index >= 15 is 0 Å². The number of aromatic nitrogens is 1. The van der Waals surface area contributed by atoms with Crippen LogP contribution in [0.5, 0.6) is 0 Å². The van der Waals surface area contributed by atoms with Crippen LogP contribution in [-0.2, 0) is 59.4 Å². The van der Waals surface area contributed by atoms with Gasteiger partial charge in [-0.3, -0.25) is 9.59 Å². The van der Waals surface area contributed by atoms with Crippen molar-refractivity contribution >= 4 is 39.1 Å². The Morgan fingerprint density at radius 3 is 2.73 bits per heavy atom. The summed E-state index contributed by atoms with van der Waals surface area (Å²) in [4.78, 5) is 31.5. The molecule has 0 aliphatic carbocycles. The van der Waals surface area contributed by atoms with Gasteiger partial charge in [-0.25, -0.2) is 6.61 Å². The monoisotopic (exact) mass is 562 g/mol. The smallest absolute Gasteiger partial charge is 0.257 e. The second kappa shape index (κ2) is 12.6. The first-order chi connectivity index (χ1) is 15.3. The fourth-order valence-electron chi connectivity index (χ4n) is 3.35. The van der Waals surface area contributed by atoms with Gasteiger partial charge in [0.25, 0.3) is 5.91 Å². The second-order valence-corrected chi connectivity index (χ2v) is 8.78. The summed E-state index contributed by atoms with van der Waals surface area (Å²) in [5.41, 5.74) is 10.7. The summed E-state index contributed by atoms with van der Waals surface area (Å²) in [6.07, 6.45) is 1.50. The molecule has 0 bridgehead atoms. The molecule has 12 heteroatoms. The van der Waals surface area contributed by atoms with Gasteiger partial charge in [-0.2, -0.15) is 0 Å². The van der Waals surface area contributed by atoms with Gasteiger partial charge >= 0.3 is 0 Å². The fourth-order valence-corrected chi connectivity index (χ4v) is 4.86. The van der Waals surface area contributed by atoms with Crippen molar-refractivity contribution in [3.8, 4) is 0 Å². The van der Waals surface area contributed by atoms with Crippen molar-refractivity contribution in [2.45, 2.75) is 19.6 Å². The van der Waals surface area contributed by atoms with Crippen LogP contribution in [0.4, 0.5) is 0 Å². The van der Waals surface area contributed by atoms with E-state index in [0.717, 1.165) is 22.6 Å². The first-order valence-electron chi connectivity index (χ1n) is 9.67. The van der Waals surface area contributed by atoms with Gasteiger partial charge in [-0.05, 0) is 35.8 Å². The molecular formula is C21H22ClN6O3SY-. The Morgan fingerprint density at radius 2 is 2.09 bits per heavy atom. The number of carbonyl (C=O) groups excluding carboxylic acids is 1. The summed E-state index contributed by atoms with van der Waals surface area (Å²) in [6.45, 7) is 2.17. The predicted molar refractivity (Wildman–Crippen MR) is 125 cm³/mol. The largest absolute Gasteiger partial charge is 0.565 e. The maximum atomic E-state index is 13.2. The molecular weight excluding hydrogens is 541 g/mol. The van der Waals surface area contributed by atoms with Crippen LogP contribution in [-0.4, -0.2) is 34.1 Å². The standard InChI is InChI=1S/C21H22ClN6O3S.Y/c1-27(7-8-29)12-17-15(10-25-26-23)18-20(32-17)19(30)16(11-28(18)2)21(31)24-9-13-3-5-14(22)6-4-13;/h3-6,8,11,29H,7,9-10,12H2,1-2H3,(H,24,31);/q-1;. The third-order valence-electron chi connectivity index (χ3n) is 4.90. The fraction of sp³-hybridized carbons (Fsp3) is 0.286. The molecule has 0 saturated heterocycles. The molecule has 3 rings (SSSR count). The van der Waals surface area contributed by atoms with Crippen LogP contribution < -0.4 is 10.7 Å². The Bertz CT molecular complexity index is 1240. The molecule has 3 aromatic rings. The Hall–Kier alpha value is -1.78. The van der Waals surface area contributed by atoms with Crippen molar-refractivity contribution in [3.05, 3.63) is 84.3 Å². The number of azide groups is 1. The number of pyridine rings is 1. The number of benzene rings is 1. The minimum absolute atomic E-state index is 0. The van der Waals surface area contributed by atoms with E-state index in [9.17, 15) is 9.59 Å². The minimum atomic E-state index is -0.471. The van der Waals surface area contributed by atoms with Crippen LogP contribution in [0.3, 0.4) is 0 Å². The molecule has 1 aromatic carbocycles. The van der Waals surface area contributed by atoms with Gasteiger partial charge in [0.15, 0.2) is 0 Å². The van der Waals surface area contributed by atoms with E-state index in [1.165, 1.54) is 17.5 Å². The van der Waals surface area contributed by atoms with Gasteiger partial charge in [0.1, 0.15) is 5.56 Å². The SMILES string of the molecule is CN(C[CH-]O)Cc1sc2c(=O)c(C(=O)NCc3ccc(Cl)cc3)cn(C)c2c1CN=[N+]=[N-].[Y]. The number of thiophene rings is 1. The molecule has 0 saturated carbocycles. The molecule has 0 atom stereocenters. The molecule has 33 heavy (non-hydrogen) atoms. The average Bonchev–Trinajstić information content (AvgIpc) is 3.13. The summed E-state index contributed by atoms with van der Waals surface area (Å²) >= 11 is 7.15. The summed E-state index contributed by atoms with van der Waals surface area (Å²) in [5.74, 6) is -0.471. The maximum absolute atomic E-state index is 13.2. The number of likely N-dealkylation sites (N-methyl/N-ethyl adjacent to an activating group) is 1. The summed E-state index contributed by atoms with van der Waals surface area (Å²) in [5, 5.41) is 16.1. The van der Waals surface area contributed by atoms with Crippen molar-refractivity contribution in [1.82, 2.24) is 14.8 Å². The number of hydrogen-bond acceptors (Lipinski definition) is 6. The zero-order valence-corrected chi connectivity index (χ0v) is 22.6. The van der Waals surface area contributed by atoms with Crippen LogP contribution in [0.15, 0.2) is 40.4 Å². The van der Waals surface area contributed by atoms with Crippen molar-refractivity contribution in [1.29, 1.82) is 0 Å². The number of nitrogens with one attached hydrogen (secondary N) is 1. The summed E-state index contributed by atoms with van der Waals surface area (Å²) in [7, 11) is 3.57. The minimum Gasteiger partial charge on any atom is -0.565 e. The number of rotatable bonds is 9. The van der Waals surface area contributed by atoms with Crippen LogP contribution in [0.1, 0.15) is 26.4 Å². The number of hydrogen-bond donors (Lipinski definition) is 2. The number of nitrogens with zero attached hydrogens (tertiary/aromatic N) is 5. The van der Waals surface area contributed by atoms with Crippen molar-refractivity contribution in [2.24, 2.45) is 12.2 Å². The van der Waals surface area contributed by atoms with E-state index in [1.54, 1.807) is 35.9 Å². The molecule has 2 aromatic heterocycles. The van der Waals surface area contributed by atoms with Crippen LogP contribution in [0.2, 0.25) is 5.02 Å². The van der Waals surface area contributed by atoms with E-state index < -0.39 is 5.91 Å². The van der Waals surface area contributed by atoms with E-state index in [1.807, 2.05) is 11.9 Å². The van der Waals surface area contributed by atoms with Crippen LogP contribution in [0, 0.1) is 6.61 Å². The van der Waals surface area contributed by atoms with Gasteiger partial charge in [0.2, 0.25) is 5.43 Å². The van der Waals surface area contributed by atoms with E-state index in [4.69, 9.17) is 22.2 Å². The molecule has 2 N–H and O–H groups in total. The third-order valence-corrected chi connectivity index (χ3v) is 6.36. The Morgan fingerprint density at radius 1 is 1.39 bits per heavy atom. The molecule has 0 fully saturated rings. The normalized spacial score (nSPS) is 10.7. The topological polar surface area (TPSA) is 123 Å². The van der Waals surface area contributed by atoms with Gasteiger partial charge in [0.05, 0.1) is 16.8 Å². The molecule has 0 aliphatic rings. The van der Waals surface area contributed by atoms with E-state index in [-0.39, 0.29) is 56.8 Å². The quantitative estimate of drug-likeness (QED) is 0.177. The number of halogens is 1. The van der Waals surface area contributed by atoms with Crippen LogP contribution in [0.25, 0.3) is 20.7 Å². The molecule has 9 nitrogen and oxygen atoms in total. The molecule has 1 amide bonds. The van der Waals surface area contributed by atoms with Gasteiger partial charge in [-0.15, -0.1) is 17.9 Å². The van der Waals surface area contributed by atoms with Gasteiger partial charge in [0, 0.05) is 73.9 Å². The number of aliphatic hydroxyl groups excluding tert-OH is 1. The zero-order chi connectivity index (χ0) is 23.3. The average molecular weight is 563 g/mol. The Balaban J connectivity index is 0.00000385. The number of aliphatic hydroxyl groups is 1. The molecule has 0 aliphatic heterocycles. The number of carbonyl (C=O) groups is 1. The third kappa shape index (κ3) is 6.64. The van der Waals surface area contributed by atoms with Crippen molar-refractivity contribution in [3.63, 3.8) is 0 Å². The van der Waals surface area contributed by atoms with Gasteiger partial charge < -0.3 is 19.9 Å². The molecule has 1 radical (unpaired) electrons. The maximum Gasteiger partial charge on any atom is 0.257 e.